The minimum absolute atomic E-state index is 0.0514. The highest BCUT2D eigenvalue weighted by Crippen LogP contribution is 2.29. The van der Waals surface area contributed by atoms with Crippen LogP contribution in [0.5, 0.6) is 0 Å². The third kappa shape index (κ3) is 4.61. The van der Waals surface area contributed by atoms with Crippen molar-refractivity contribution >= 4 is 35.0 Å². The first-order chi connectivity index (χ1) is 11.5. The van der Waals surface area contributed by atoms with Gasteiger partial charge >= 0.3 is 0 Å². The standard InChI is InChI=1S/C17H23Cl2N3O2/c1-2-3-11-20-16(24)17(9-5-4-6-10-17)22-15(23)14-12(18)7-8-13(19)21-14/h7-8H,2-6,9-11H2,1H3,(H,20,24)(H,22,23). The molecule has 2 rings (SSSR count). The molecule has 0 aliphatic heterocycles. The summed E-state index contributed by atoms with van der Waals surface area (Å²) in [6, 6.07) is 3.05. The normalized spacial score (nSPS) is 16.5. The molecule has 1 aliphatic carbocycles. The van der Waals surface area contributed by atoms with Crippen LogP contribution in [0.4, 0.5) is 0 Å². The second kappa shape index (κ2) is 8.67. The Morgan fingerprint density at radius 2 is 1.92 bits per heavy atom. The lowest BCUT2D eigenvalue weighted by molar-refractivity contribution is -0.128. The van der Waals surface area contributed by atoms with Crippen LogP contribution in [-0.2, 0) is 4.79 Å². The van der Waals surface area contributed by atoms with Gasteiger partial charge in [0, 0.05) is 6.54 Å². The zero-order valence-corrected chi connectivity index (χ0v) is 15.3. The van der Waals surface area contributed by atoms with Crippen molar-refractivity contribution in [3.05, 3.63) is 28.0 Å². The van der Waals surface area contributed by atoms with Crippen LogP contribution in [0.25, 0.3) is 0 Å². The molecule has 0 saturated heterocycles. The molecule has 1 aliphatic rings. The van der Waals surface area contributed by atoms with Gasteiger partial charge in [-0.15, -0.1) is 0 Å². The molecule has 7 heteroatoms. The topological polar surface area (TPSA) is 71.1 Å². The number of nitrogens with one attached hydrogen (secondary N) is 2. The number of rotatable bonds is 6. The molecule has 1 aromatic rings. The lowest BCUT2D eigenvalue weighted by atomic mass is 9.80. The Hall–Kier alpha value is -1.33. The average molecular weight is 372 g/mol. The number of carbonyl (C=O) groups excluding carboxylic acids is 2. The molecule has 132 valence electrons. The van der Waals surface area contributed by atoms with E-state index in [-0.39, 0.29) is 21.8 Å². The first kappa shape index (κ1) is 19.0. The summed E-state index contributed by atoms with van der Waals surface area (Å²) < 4.78 is 0. The maximum Gasteiger partial charge on any atom is 0.272 e. The lowest BCUT2D eigenvalue weighted by Gasteiger charge is -2.36. The summed E-state index contributed by atoms with van der Waals surface area (Å²) >= 11 is 11.9. The van der Waals surface area contributed by atoms with Crippen LogP contribution in [0, 0.1) is 0 Å². The molecule has 2 amide bonds. The summed E-state index contributed by atoms with van der Waals surface area (Å²) in [4.78, 5) is 29.3. The SMILES string of the molecule is CCCCNC(=O)C1(NC(=O)c2nc(Cl)ccc2Cl)CCCCC1. The Morgan fingerprint density at radius 1 is 1.21 bits per heavy atom. The summed E-state index contributed by atoms with van der Waals surface area (Å²) in [6.45, 7) is 2.68. The second-order valence-electron chi connectivity index (χ2n) is 6.17. The predicted octanol–water partition coefficient (Wildman–Crippen LogP) is 3.74. The predicted molar refractivity (Wildman–Crippen MR) is 95.5 cm³/mol. The number of amides is 2. The van der Waals surface area contributed by atoms with E-state index in [0.717, 1.165) is 32.1 Å². The Bertz CT molecular complexity index is 601. The number of unbranched alkanes of at least 4 members (excludes halogenated alkanes) is 1. The molecule has 0 unspecified atom stereocenters. The van der Waals surface area contributed by atoms with E-state index in [0.29, 0.717) is 19.4 Å². The highest BCUT2D eigenvalue weighted by Gasteiger charge is 2.41. The Morgan fingerprint density at radius 3 is 2.58 bits per heavy atom. The molecule has 5 nitrogen and oxygen atoms in total. The zero-order valence-electron chi connectivity index (χ0n) is 13.8. The number of nitrogens with zero attached hydrogens (tertiary/aromatic N) is 1. The second-order valence-corrected chi connectivity index (χ2v) is 6.97. The minimum Gasteiger partial charge on any atom is -0.354 e. The molecule has 0 bridgehead atoms. The van der Waals surface area contributed by atoms with Crippen molar-refractivity contribution in [1.82, 2.24) is 15.6 Å². The molecule has 0 spiro atoms. The first-order valence-corrected chi connectivity index (χ1v) is 9.17. The maximum atomic E-state index is 12.7. The lowest BCUT2D eigenvalue weighted by Crippen LogP contribution is -2.60. The van der Waals surface area contributed by atoms with Crippen LogP contribution < -0.4 is 10.6 Å². The molecule has 1 saturated carbocycles. The number of halogens is 2. The van der Waals surface area contributed by atoms with Gasteiger partial charge in [-0.2, -0.15) is 0 Å². The minimum atomic E-state index is -0.892. The van der Waals surface area contributed by atoms with E-state index in [1.807, 2.05) is 0 Å². The molecular weight excluding hydrogens is 349 g/mol. The molecule has 1 aromatic heterocycles. The zero-order chi connectivity index (χ0) is 17.6. The van der Waals surface area contributed by atoms with Crippen LogP contribution >= 0.6 is 23.2 Å². The maximum absolute atomic E-state index is 12.7. The van der Waals surface area contributed by atoms with Crippen molar-refractivity contribution in [3.63, 3.8) is 0 Å². The summed E-state index contributed by atoms with van der Waals surface area (Å²) in [5.41, 5.74) is -0.841. The van der Waals surface area contributed by atoms with Crippen molar-refractivity contribution in [3.8, 4) is 0 Å². The summed E-state index contributed by atoms with van der Waals surface area (Å²) in [5.74, 6) is -0.586. The number of hydrogen-bond donors (Lipinski definition) is 2. The van der Waals surface area contributed by atoms with Crippen LogP contribution in [0.1, 0.15) is 62.4 Å². The molecule has 24 heavy (non-hydrogen) atoms. The summed E-state index contributed by atoms with van der Waals surface area (Å²) in [7, 11) is 0. The smallest absolute Gasteiger partial charge is 0.272 e. The van der Waals surface area contributed by atoms with Crippen LogP contribution in [0.15, 0.2) is 12.1 Å². The van der Waals surface area contributed by atoms with Gasteiger partial charge in [-0.3, -0.25) is 9.59 Å². The van der Waals surface area contributed by atoms with E-state index in [1.165, 1.54) is 12.1 Å². The van der Waals surface area contributed by atoms with Gasteiger partial charge in [0.2, 0.25) is 5.91 Å². The third-order valence-corrected chi connectivity index (χ3v) is 4.85. The number of carbonyl (C=O) groups is 2. The summed E-state index contributed by atoms with van der Waals surface area (Å²) in [5, 5.41) is 6.24. The number of hydrogen-bond acceptors (Lipinski definition) is 3. The molecule has 0 aromatic carbocycles. The van der Waals surface area contributed by atoms with Crippen molar-refractivity contribution < 1.29 is 9.59 Å². The van der Waals surface area contributed by atoms with Crippen LogP contribution in [0.2, 0.25) is 10.2 Å². The van der Waals surface area contributed by atoms with E-state index in [4.69, 9.17) is 23.2 Å². The largest absolute Gasteiger partial charge is 0.354 e. The Balaban J connectivity index is 2.17. The van der Waals surface area contributed by atoms with Gasteiger partial charge in [0.1, 0.15) is 16.4 Å². The molecule has 1 fully saturated rings. The molecule has 2 N–H and O–H groups in total. The van der Waals surface area contributed by atoms with E-state index in [9.17, 15) is 9.59 Å². The van der Waals surface area contributed by atoms with Crippen molar-refractivity contribution in [2.45, 2.75) is 57.4 Å². The van der Waals surface area contributed by atoms with Gasteiger partial charge in [-0.25, -0.2) is 4.98 Å². The van der Waals surface area contributed by atoms with Crippen LogP contribution in [-0.4, -0.2) is 28.9 Å². The van der Waals surface area contributed by atoms with Crippen molar-refractivity contribution in [2.75, 3.05) is 6.54 Å². The highest BCUT2D eigenvalue weighted by atomic mass is 35.5. The fourth-order valence-electron chi connectivity index (χ4n) is 2.97. The average Bonchev–Trinajstić information content (AvgIpc) is 2.58. The van der Waals surface area contributed by atoms with E-state index < -0.39 is 11.4 Å². The van der Waals surface area contributed by atoms with Gasteiger partial charge in [0.15, 0.2) is 0 Å². The number of aromatic nitrogens is 1. The molecular formula is C17H23Cl2N3O2. The monoisotopic (exact) mass is 371 g/mol. The van der Waals surface area contributed by atoms with E-state index in [2.05, 4.69) is 22.5 Å². The fourth-order valence-corrected chi connectivity index (χ4v) is 3.30. The third-order valence-electron chi connectivity index (χ3n) is 4.34. The van der Waals surface area contributed by atoms with Gasteiger partial charge in [-0.05, 0) is 31.4 Å². The Labute approximate surface area is 152 Å². The van der Waals surface area contributed by atoms with Crippen molar-refractivity contribution in [2.24, 2.45) is 0 Å². The Kier molecular flexibility index (Phi) is 6.87. The van der Waals surface area contributed by atoms with Crippen molar-refractivity contribution in [1.29, 1.82) is 0 Å². The molecule has 1 heterocycles. The fraction of sp³-hybridized carbons (Fsp3) is 0.588. The van der Waals surface area contributed by atoms with Crippen LogP contribution in [0.3, 0.4) is 0 Å². The van der Waals surface area contributed by atoms with Gasteiger partial charge in [-0.1, -0.05) is 55.8 Å². The molecule has 0 radical (unpaired) electrons. The first-order valence-electron chi connectivity index (χ1n) is 8.41. The van der Waals surface area contributed by atoms with Gasteiger partial charge in [0.25, 0.3) is 5.91 Å². The summed E-state index contributed by atoms with van der Waals surface area (Å²) in [6.07, 6.45) is 6.02. The highest BCUT2D eigenvalue weighted by molar-refractivity contribution is 6.34. The van der Waals surface area contributed by atoms with E-state index in [1.54, 1.807) is 0 Å². The quantitative estimate of drug-likeness (QED) is 0.590. The number of pyridine rings is 1. The van der Waals surface area contributed by atoms with Gasteiger partial charge < -0.3 is 10.6 Å². The van der Waals surface area contributed by atoms with E-state index >= 15 is 0 Å². The van der Waals surface area contributed by atoms with Gasteiger partial charge in [0.05, 0.1) is 5.02 Å². The molecule has 0 atom stereocenters.